The molecule has 1 rings (SSSR count). The van der Waals surface area contributed by atoms with Gasteiger partial charge >= 0.3 is 5.97 Å². The first-order valence-corrected chi connectivity index (χ1v) is 4.27. The van der Waals surface area contributed by atoms with Gasteiger partial charge in [0.1, 0.15) is 0 Å². The fraction of sp³-hybridized carbons (Fsp3) is 0.500. The zero-order valence-corrected chi connectivity index (χ0v) is 7.29. The van der Waals surface area contributed by atoms with Crippen LogP contribution in [0.1, 0.15) is 26.2 Å². The molecule has 2 heteroatoms. The molecule has 0 aromatic rings. The molecule has 1 aliphatic rings. The largest absolute Gasteiger partial charge is 0.478 e. The maximum Gasteiger partial charge on any atom is 0.328 e. The van der Waals surface area contributed by atoms with E-state index in [1.165, 1.54) is 18.1 Å². The van der Waals surface area contributed by atoms with Gasteiger partial charge in [-0.15, -0.1) is 0 Å². The van der Waals surface area contributed by atoms with Crippen molar-refractivity contribution in [3.63, 3.8) is 0 Å². The van der Waals surface area contributed by atoms with E-state index in [1.54, 1.807) is 6.08 Å². The number of carboxylic acid groups (broad SMARTS) is 1. The lowest BCUT2D eigenvalue weighted by Gasteiger charge is -1.93. The molecule has 1 aliphatic carbocycles. The first kappa shape index (κ1) is 9.04. The third-order valence-electron chi connectivity index (χ3n) is 2.14. The molecule has 0 aliphatic heterocycles. The number of hydrogen-bond acceptors (Lipinski definition) is 1. The number of hydrogen-bond donors (Lipinski definition) is 1. The average Bonchev–Trinajstić information content (AvgIpc) is 2.35. The van der Waals surface area contributed by atoms with Crippen molar-refractivity contribution in [2.45, 2.75) is 26.2 Å². The second-order valence-electron chi connectivity index (χ2n) is 3.37. The first-order valence-electron chi connectivity index (χ1n) is 4.27. The Morgan fingerprint density at radius 2 is 2.42 bits per heavy atom. The van der Waals surface area contributed by atoms with Crippen molar-refractivity contribution in [1.29, 1.82) is 0 Å². The number of carboxylic acids is 1. The van der Waals surface area contributed by atoms with E-state index in [4.69, 9.17) is 5.11 Å². The Bertz CT molecular complexity index is 226. The van der Waals surface area contributed by atoms with Crippen LogP contribution in [0.5, 0.6) is 0 Å². The molecule has 1 unspecified atom stereocenters. The molecule has 1 N–H and O–H groups in total. The third kappa shape index (κ3) is 2.91. The lowest BCUT2D eigenvalue weighted by molar-refractivity contribution is -0.131. The van der Waals surface area contributed by atoms with Crippen molar-refractivity contribution < 1.29 is 9.90 Å². The molecule has 66 valence electrons. The van der Waals surface area contributed by atoms with Crippen LogP contribution in [0.4, 0.5) is 0 Å². The predicted octanol–water partition coefficient (Wildman–Crippen LogP) is 2.37. The molecule has 0 bridgehead atoms. The third-order valence-corrected chi connectivity index (χ3v) is 2.14. The molecule has 0 saturated heterocycles. The fourth-order valence-corrected chi connectivity index (χ4v) is 1.50. The Morgan fingerprint density at radius 1 is 1.67 bits per heavy atom. The summed E-state index contributed by atoms with van der Waals surface area (Å²) in [5.41, 5.74) is 1.38. The highest BCUT2D eigenvalue weighted by molar-refractivity contribution is 5.80. The summed E-state index contributed by atoms with van der Waals surface area (Å²) in [5, 5.41) is 8.32. The monoisotopic (exact) mass is 166 g/mol. The van der Waals surface area contributed by atoms with Crippen LogP contribution in [0.25, 0.3) is 0 Å². The van der Waals surface area contributed by atoms with E-state index in [2.05, 4.69) is 6.92 Å². The Labute approximate surface area is 72.6 Å². The first-order chi connectivity index (χ1) is 5.68. The van der Waals surface area contributed by atoms with Gasteiger partial charge in [-0.3, -0.25) is 0 Å². The number of allylic oxidation sites excluding steroid dienone is 3. The van der Waals surface area contributed by atoms with Gasteiger partial charge in [0.15, 0.2) is 0 Å². The summed E-state index contributed by atoms with van der Waals surface area (Å²) in [6.07, 6.45) is 8.23. The van der Waals surface area contributed by atoms with E-state index < -0.39 is 5.97 Å². The highest BCUT2D eigenvalue weighted by Gasteiger charge is 2.13. The van der Waals surface area contributed by atoms with Gasteiger partial charge in [-0.2, -0.15) is 0 Å². The molecule has 1 atom stereocenters. The van der Waals surface area contributed by atoms with Gasteiger partial charge in [-0.05, 0) is 25.2 Å². The van der Waals surface area contributed by atoms with Gasteiger partial charge in [0.25, 0.3) is 0 Å². The summed E-state index contributed by atoms with van der Waals surface area (Å²) in [5.74, 6) is -0.104. The van der Waals surface area contributed by atoms with Crippen LogP contribution in [0, 0.1) is 5.92 Å². The lowest BCUT2D eigenvalue weighted by Crippen LogP contribution is -1.85. The zero-order chi connectivity index (χ0) is 8.97. The van der Waals surface area contributed by atoms with Gasteiger partial charge in [0.05, 0.1) is 0 Å². The summed E-state index contributed by atoms with van der Waals surface area (Å²) >= 11 is 0. The topological polar surface area (TPSA) is 37.3 Å². The molecule has 0 aromatic carbocycles. The molecular formula is C10H14O2. The summed E-state index contributed by atoms with van der Waals surface area (Å²) < 4.78 is 0. The molecule has 12 heavy (non-hydrogen) atoms. The molecule has 1 fully saturated rings. The Balaban J connectivity index is 2.42. The minimum absolute atomic E-state index is 0.773. The maximum atomic E-state index is 10.1. The van der Waals surface area contributed by atoms with E-state index in [9.17, 15) is 4.79 Å². The molecule has 0 heterocycles. The molecule has 0 amide bonds. The SMILES string of the molecule is CC1CC/C(=C/C=C/C(=O)O)C1. The fourth-order valence-electron chi connectivity index (χ4n) is 1.50. The van der Waals surface area contributed by atoms with Gasteiger partial charge in [0.2, 0.25) is 0 Å². The highest BCUT2D eigenvalue weighted by atomic mass is 16.4. The number of rotatable bonds is 2. The summed E-state index contributed by atoms with van der Waals surface area (Å²) in [6.45, 7) is 2.22. The predicted molar refractivity (Wildman–Crippen MR) is 47.9 cm³/mol. The number of carbonyl (C=O) groups is 1. The van der Waals surface area contributed by atoms with Crippen LogP contribution < -0.4 is 0 Å². The molecule has 2 nitrogen and oxygen atoms in total. The summed E-state index contributed by atoms with van der Waals surface area (Å²) in [6, 6.07) is 0. The van der Waals surface area contributed by atoms with Crippen molar-refractivity contribution in [3.8, 4) is 0 Å². The quantitative estimate of drug-likeness (QED) is 0.639. The normalized spacial score (nSPS) is 27.1. The van der Waals surface area contributed by atoms with Crippen molar-refractivity contribution in [2.24, 2.45) is 5.92 Å². The Kier molecular flexibility index (Phi) is 3.09. The zero-order valence-electron chi connectivity index (χ0n) is 7.29. The lowest BCUT2D eigenvalue weighted by atomic mass is 10.1. The van der Waals surface area contributed by atoms with Crippen LogP contribution >= 0.6 is 0 Å². The van der Waals surface area contributed by atoms with Crippen LogP contribution in [0.2, 0.25) is 0 Å². The van der Waals surface area contributed by atoms with Crippen LogP contribution in [0.3, 0.4) is 0 Å². The van der Waals surface area contributed by atoms with E-state index in [1.807, 2.05) is 6.08 Å². The van der Waals surface area contributed by atoms with E-state index in [0.29, 0.717) is 0 Å². The summed E-state index contributed by atoms with van der Waals surface area (Å²) in [7, 11) is 0. The van der Waals surface area contributed by atoms with Gasteiger partial charge in [-0.25, -0.2) is 4.79 Å². The smallest absolute Gasteiger partial charge is 0.328 e. The highest BCUT2D eigenvalue weighted by Crippen LogP contribution is 2.29. The molecule has 0 aromatic heterocycles. The molecule has 0 spiro atoms. The maximum absolute atomic E-state index is 10.1. The Hall–Kier alpha value is -1.05. The van der Waals surface area contributed by atoms with Gasteiger partial charge < -0.3 is 5.11 Å². The van der Waals surface area contributed by atoms with Crippen LogP contribution in [0.15, 0.2) is 23.8 Å². The van der Waals surface area contributed by atoms with E-state index in [0.717, 1.165) is 18.8 Å². The second kappa shape index (κ2) is 4.10. The van der Waals surface area contributed by atoms with Gasteiger partial charge in [-0.1, -0.05) is 24.6 Å². The molecular weight excluding hydrogens is 152 g/mol. The van der Waals surface area contributed by atoms with Gasteiger partial charge in [0, 0.05) is 6.08 Å². The minimum Gasteiger partial charge on any atom is -0.478 e. The van der Waals surface area contributed by atoms with E-state index >= 15 is 0 Å². The summed E-state index contributed by atoms with van der Waals surface area (Å²) in [4.78, 5) is 10.1. The van der Waals surface area contributed by atoms with Crippen molar-refractivity contribution in [2.75, 3.05) is 0 Å². The van der Waals surface area contributed by atoms with Crippen LogP contribution in [-0.2, 0) is 4.79 Å². The van der Waals surface area contributed by atoms with Crippen molar-refractivity contribution >= 4 is 5.97 Å². The number of aliphatic carboxylic acids is 1. The molecule has 1 saturated carbocycles. The molecule has 0 radical (unpaired) electrons. The average molecular weight is 166 g/mol. The van der Waals surface area contributed by atoms with Crippen LogP contribution in [-0.4, -0.2) is 11.1 Å². The van der Waals surface area contributed by atoms with E-state index in [-0.39, 0.29) is 0 Å². The standard InChI is InChI=1S/C10H14O2/c1-8-5-6-9(7-8)3-2-4-10(11)12/h2-4,8H,5-7H2,1H3,(H,11,12)/b4-2+,9-3-. The van der Waals surface area contributed by atoms with Crippen molar-refractivity contribution in [3.05, 3.63) is 23.8 Å². The second-order valence-corrected chi connectivity index (χ2v) is 3.37. The van der Waals surface area contributed by atoms with Crippen molar-refractivity contribution in [1.82, 2.24) is 0 Å². The minimum atomic E-state index is -0.877. The Morgan fingerprint density at radius 3 is 2.92 bits per heavy atom.